The van der Waals surface area contributed by atoms with E-state index in [2.05, 4.69) is 0 Å². The maximum atomic E-state index is 12.7. The molecule has 0 bridgehead atoms. The Labute approximate surface area is 183 Å². The third-order valence-corrected chi connectivity index (χ3v) is 4.93. The maximum absolute atomic E-state index is 12.7. The number of hydrogen-bond acceptors (Lipinski definition) is 7. The predicted octanol–water partition coefficient (Wildman–Crippen LogP) is 4.65. The summed E-state index contributed by atoms with van der Waals surface area (Å²) in [5, 5.41) is 0. The molecular weight excluding hydrogens is 412 g/mol. The van der Waals surface area contributed by atoms with Crippen LogP contribution < -0.4 is 23.7 Å². The molecular formula is C25H18O7. The van der Waals surface area contributed by atoms with Gasteiger partial charge in [-0.1, -0.05) is 12.1 Å². The summed E-state index contributed by atoms with van der Waals surface area (Å²) in [6, 6.07) is 16.8. The molecule has 0 spiro atoms. The number of Topliss-reactive ketones (excluding diaryl/α,β-unsaturated/α-hetero) is 1. The van der Waals surface area contributed by atoms with Crippen molar-refractivity contribution < 1.29 is 33.3 Å². The van der Waals surface area contributed by atoms with Crippen LogP contribution in [0.3, 0.4) is 0 Å². The van der Waals surface area contributed by atoms with Crippen LogP contribution in [-0.2, 0) is 0 Å². The van der Waals surface area contributed by atoms with Crippen LogP contribution in [0.15, 0.2) is 66.4 Å². The van der Waals surface area contributed by atoms with Crippen molar-refractivity contribution in [2.45, 2.75) is 6.92 Å². The number of carbonyl (C=O) groups is 2. The number of hydrogen-bond donors (Lipinski definition) is 0. The summed E-state index contributed by atoms with van der Waals surface area (Å²) in [4.78, 5) is 25.2. The fourth-order valence-corrected chi connectivity index (χ4v) is 3.43. The first-order valence-electron chi connectivity index (χ1n) is 10.0. The summed E-state index contributed by atoms with van der Waals surface area (Å²) in [6.45, 7) is 2.53. The first kappa shape index (κ1) is 19.7. The van der Waals surface area contributed by atoms with Crippen molar-refractivity contribution in [2.75, 3.05) is 13.4 Å². The van der Waals surface area contributed by atoms with Crippen LogP contribution in [0, 0.1) is 0 Å². The third kappa shape index (κ3) is 3.76. The Morgan fingerprint density at radius 1 is 0.969 bits per heavy atom. The molecule has 7 nitrogen and oxygen atoms in total. The standard InChI is InChI=1S/C25H18O7/c1-2-28-17-7-8-19-21(13-17)32-23(24(19)26)11-15-4-3-5-18(10-15)31-25(27)16-6-9-20-22(12-16)30-14-29-20/h3-13H,2,14H2,1H3/b23-11-. The predicted molar refractivity (Wildman–Crippen MR) is 115 cm³/mol. The van der Waals surface area contributed by atoms with E-state index < -0.39 is 5.97 Å². The quantitative estimate of drug-likeness (QED) is 0.331. The molecule has 0 saturated carbocycles. The van der Waals surface area contributed by atoms with Crippen molar-refractivity contribution in [3.05, 3.63) is 83.1 Å². The van der Waals surface area contributed by atoms with E-state index in [1.165, 1.54) is 0 Å². The number of allylic oxidation sites excluding steroid dienone is 1. The highest BCUT2D eigenvalue weighted by Gasteiger charge is 2.27. The molecule has 0 saturated heterocycles. The Kier molecular flexibility index (Phi) is 4.99. The first-order chi connectivity index (χ1) is 15.6. The van der Waals surface area contributed by atoms with Crippen LogP contribution >= 0.6 is 0 Å². The lowest BCUT2D eigenvalue weighted by molar-refractivity contribution is 0.0734. The average molecular weight is 430 g/mol. The minimum atomic E-state index is -0.530. The van der Waals surface area contributed by atoms with Gasteiger partial charge in [0.2, 0.25) is 12.6 Å². The minimum Gasteiger partial charge on any atom is -0.494 e. The van der Waals surface area contributed by atoms with Crippen LogP contribution in [-0.4, -0.2) is 25.2 Å². The van der Waals surface area contributed by atoms with E-state index in [0.29, 0.717) is 52.0 Å². The normalized spacial score (nSPS) is 14.8. The van der Waals surface area contributed by atoms with Gasteiger partial charge in [-0.3, -0.25) is 4.79 Å². The van der Waals surface area contributed by atoms with E-state index >= 15 is 0 Å². The molecule has 2 aliphatic rings. The van der Waals surface area contributed by atoms with Gasteiger partial charge in [0.05, 0.1) is 17.7 Å². The van der Waals surface area contributed by atoms with Crippen molar-refractivity contribution >= 4 is 17.8 Å². The van der Waals surface area contributed by atoms with Gasteiger partial charge in [0.15, 0.2) is 17.3 Å². The number of ketones is 1. The Morgan fingerprint density at radius 3 is 2.72 bits per heavy atom. The molecule has 0 unspecified atom stereocenters. The molecule has 0 aromatic heterocycles. The lowest BCUT2D eigenvalue weighted by Gasteiger charge is -2.06. The van der Waals surface area contributed by atoms with E-state index in [1.807, 2.05) is 6.92 Å². The molecule has 0 amide bonds. The zero-order valence-electron chi connectivity index (χ0n) is 17.1. The van der Waals surface area contributed by atoms with Crippen LogP contribution in [0.1, 0.15) is 33.2 Å². The van der Waals surface area contributed by atoms with Gasteiger partial charge >= 0.3 is 5.97 Å². The molecule has 7 heteroatoms. The highest BCUT2D eigenvalue weighted by molar-refractivity contribution is 6.14. The van der Waals surface area contributed by atoms with Crippen molar-refractivity contribution in [2.24, 2.45) is 0 Å². The summed E-state index contributed by atoms with van der Waals surface area (Å²) in [6.07, 6.45) is 1.61. The Hall–Kier alpha value is -4.26. The Morgan fingerprint density at radius 2 is 1.84 bits per heavy atom. The molecule has 0 fully saturated rings. The lowest BCUT2D eigenvalue weighted by atomic mass is 10.1. The van der Waals surface area contributed by atoms with Gasteiger partial charge in [0, 0.05) is 6.07 Å². The Balaban J connectivity index is 1.33. The summed E-state index contributed by atoms with van der Waals surface area (Å²) >= 11 is 0. The van der Waals surface area contributed by atoms with E-state index in [1.54, 1.807) is 66.7 Å². The SMILES string of the molecule is CCOc1ccc2c(c1)O/C(=C\c1cccc(OC(=O)c3ccc4c(c3)OCO4)c1)C2=O. The molecule has 3 aromatic carbocycles. The van der Waals surface area contributed by atoms with E-state index in [0.717, 1.165) is 0 Å². The third-order valence-electron chi connectivity index (χ3n) is 4.93. The maximum Gasteiger partial charge on any atom is 0.343 e. The summed E-state index contributed by atoms with van der Waals surface area (Å²) in [5.41, 5.74) is 1.47. The number of esters is 1. The highest BCUT2D eigenvalue weighted by atomic mass is 16.7. The molecule has 32 heavy (non-hydrogen) atoms. The van der Waals surface area contributed by atoms with E-state index in [4.69, 9.17) is 23.7 Å². The van der Waals surface area contributed by atoms with Crippen LogP contribution in [0.2, 0.25) is 0 Å². The molecule has 2 aliphatic heterocycles. The zero-order chi connectivity index (χ0) is 22.1. The summed E-state index contributed by atoms with van der Waals surface area (Å²) < 4.78 is 27.2. The number of fused-ring (bicyclic) bond motifs is 2. The number of benzene rings is 3. The second kappa shape index (κ2) is 8.11. The largest absolute Gasteiger partial charge is 0.494 e. The summed E-state index contributed by atoms with van der Waals surface area (Å²) in [5.74, 6) is 1.96. The molecule has 160 valence electrons. The molecule has 0 aliphatic carbocycles. The molecule has 3 aromatic rings. The average Bonchev–Trinajstić information content (AvgIpc) is 3.38. The fraction of sp³-hybridized carbons (Fsp3) is 0.120. The monoisotopic (exact) mass is 430 g/mol. The molecule has 0 N–H and O–H groups in total. The van der Waals surface area contributed by atoms with Crippen LogP contribution in [0.4, 0.5) is 0 Å². The van der Waals surface area contributed by atoms with Gasteiger partial charge in [-0.25, -0.2) is 4.79 Å². The first-order valence-corrected chi connectivity index (χ1v) is 10.0. The van der Waals surface area contributed by atoms with Crippen LogP contribution in [0.5, 0.6) is 28.7 Å². The fourth-order valence-electron chi connectivity index (χ4n) is 3.43. The van der Waals surface area contributed by atoms with Crippen molar-refractivity contribution in [3.8, 4) is 28.7 Å². The van der Waals surface area contributed by atoms with Crippen molar-refractivity contribution in [1.29, 1.82) is 0 Å². The molecule has 0 radical (unpaired) electrons. The summed E-state index contributed by atoms with van der Waals surface area (Å²) in [7, 11) is 0. The molecule has 2 heterocycles. The van der Waals surface area contributed by atoms with Crippen molar-refractivity contribution in [1.82, 2.24) is 0 Å². The van der Waals surface area contributed by atoms with E-state index in [9.17, 15) is 9.59 Å². The second-order valence-electron chi connectivity index (χ2n) is 7.06. The smallest absolute Gasteiger partial charge is 0.343 e. The topological polar surface area (TPSA) is 80.3 Å². The van der Waals surface area contributed by atoms with Crippen LogP contribution in [0.25, 0.3) is 6.08 Å². The zero-order valence-corrected chi connectivity index (χ0v) is 17.1. The molecule has 0 atom stereocenters. The van der Waals surface area contributed by atoms with Gasteiger partial charge < -0.3 is 23.7 Å². The second-order valence-corrected chi connectivity index (χ2v) is 7.06. The number of rotatable bonds is 5. The minimum absolute atomic E-state index is 0.127. The number of carbonyl (C=O) groups excluding carboxylic acids is 2. The molecule has 5 rings (SSSR count). The Bertz CT molecular complexity index is 1260. The van der Waals surface area contributed by atoms with Gasteiger partial charge in [-0.2, -0.15) is 0 Å². The van der Waals surface area contributed by atoms with Gasteiger partial charge in [0.1, 0.15) is 17.2 Å². The number of ether oxygens (including phenoxy) is 5. The van der Waals surface area contributed by atoms with Crippen molar-refractivity contribution in [3.63, 3.8) is 0 Å². The van der Waals surface area contributed by atoms with E-state index in [-0.39, 0.29) is 18.3 Å². The lowest BCUT2D eigenvalue weighted by Crippen LogP contribution is -2.08. The van der Waals surface area contributed by atoms with Gasteiger partial charge in [-0.15, -0.1) is 0 Å². The van der Waals surface area contributed by atoms with Gasteiger partial charge in [-0.05, 0) is 61.0 Å². The highest BCUT2D eigenvalue weighted by Crippen LogP contribution is 2.35. The van der Waals surface area contributed by atoms with Gasteiger partial charge in [0.25, 0.3) is 0 Å².